The summed E-state index contributed by atoms with van der Waals surface area (Å²) in [6.07, 6.45) is 5.17. The first-order valence-electron chi connectivity index (χ1n) is 5.24. The Morgan fingerprint density at radius 2 is 1.92 bits per heavy atom. The maximum atomic E-state index is 5.50. The Bertz CT molecular complexity index is 155. The molecule has 0 amide bonds. The zero-order valence-corrected chi connectivity index (χ0v) is 9.56. The van der Waals surface area contributed by atoms with Crippen molar-refractivity contribution in [2.24, 2.45) is 16.1 Å². The monoisotopic (exact) mass is 184 g/mol. The third-order valence-corrected chi connectivity index (χ3v) is 2.21. The largest absolute Gasteiger partial charge is 0.388 e. The molecule has 0 rings (SSSR count). The van der Waals surface area contributed by atoms with Gasteiger partial charge in [-0.15, -0.1) is 0 Å². The number of hydrogen-bond acceptors (Lipinski definition) is 1. The molecule has 0 fully saturated rings. The fraction of sp³-hybridized carbons (Fsp3) is 0.909. The van der Waals surface area contributed by atoms with E-state index in [9.17, 15) is 0 Å². The zero-order valence-electron chi connectivity index (χ0n) is 9.56. The molecular weight excluding hydrogens is 160 g/mol. The van der Waals surface area contributed by atoms with Crippen LogP contribution < -0.4 is 5.73 Å². The molecule has 0 aliphatic heterocycles. The summed E-state index contributed by atoms with van der Waals surface area (Å²) < 4.78 is 0. The van der Waals surface area contributed by atoms with Crippen molar-refractivity contribution in [2.45, 2.75) is 53.4 Å². The molecule has 0 unspecified atom stereocenters. The standard InChI is InChI=1S/C11H24N2/c1-5-6-7-8-11(3,4)9-13-10(2)12/h5-9H2,1-4H3,(H2,12,13). The Balaban J connectivity index is 3.73. The van der Waals surface area contributed by atoms with E-state index < -0.39 is 0 Å². The van der Waals surface area contributed by atoms with Crippen LogP contribution in [0.25, 0.3) is 0 Å². The second-order valence-electron chi connectivity index (χ2n) is 4.58. The summed E-state index contributed by atoms with van der Waals surface area (Å²) >= 11 is 0. The van der Waals surface area contributed by atoms with Gasteiger partial charge in [-0.2, -0.15) is 0 Å². The molecule has 0 heterocycles. The van der Waals surface area contributed by atoms with Crippen LogP contribution in [0.5, 0.6) is 0 Å². The number of unbranched alkanes of at least 4 members (excludes halogenated alkanes) is 2. The van der Waals surface area contributed by atoms with Gasteiger partial charge in [-0.1, -0.05) is 40.0 Å². The van der Waals surface area contributed by atoms with E-state index in [1.165, 1.54) is 25.7 Å². The molecule has 13 heavy (non-hydrogen) atoms. The molecule has 0 aromatic carbocycles. The molecule has 0 aliphatic carbocycles. The highest BCUT2D eigenvalue weighted by molar-refractivity contribution is 5.77. The van der Waals surface area contributed by atoms with E-state index in [1.54, 1.807) is 0 Å². The summed E-state index contributed by atoms with van der Waals surface area (Å²) in [5.74, 6) is 0.698. The van der Waals surface area contributed by atoms with Crippen LogP contribution >= 0.6 is 0 Å². The van der Waals surface area contributed by atoms with Gasteiger partial charge in [0.1, 0.15) is 0 Å². The predicted molar refractivity (Wildman–Crippen MR) is 60.1 cm³/mol. The highest BCUT2D eigenvalue weighted by Crippen LogP contribution is 2.23. The van der Waals surface area contributed by atoms with Gasteiger partial charge in [-0.3, -0.25) is 4.99 Å². The molecule has 2 heteroatoms. The first-order chi connectivity index (χ1) is 5.98. The van der Waals surface area contributed by atoms with E-state index in [4.69, 9.17) is 5.73 Å². The number of amidine groups is 1. The normalized spacial score (nSPS) is 13.4. The van der Waals surface area contributed by atoms with Gasteiger partial charge in [0, 0.05) is 6.54 Å². The van der Waals surface area contributed by atoms with E-state index >= 15 is 0 Å². The maximum Gasteiger partial charge on any atom is 0.0905 e. The van der Waals surface area contributed by atoms with Crippen molar-refractivity contribution in [1.82, 2.24) is 0 Å². The predicted octanol–water partition coefficient (Wildman–Crippen LogP) is 2.97. The van der Waals surface area contributed by atoms with Crippen molar-refractivity contribution in [3.63, 3.8) is 0 Å². The lowest BCUT2D eigenvalue weighted by molar-refractivity contribution is 0.333. The molecular formula is C11H24N2. The molecule has 78 valence electrons. The summed E-state index contributed by atoms with van der Waals surface area (Å²) in [4.78, 5) is 4.27. The summed E-state index contributed by atoms with van der Waals surface area (Å²) in [6, 6.07) is 0. The molecule has 2 N–H and O–H groups in total. The lowest BCUT2D eigenvalue weighted by Gasteiger charge is -2.22. The van der Waals surface area contributed by atoms with E-state index in [2.05, 4.69) is 25.8 Å². The Kier molecular flexibility index (Phi) is 5.76. The van der Waals surface area contributed by atoms with Gasteiger partial charge < -0.3 is 5.73 Å². The second-order valence-corrected chi connectivity index (χ2v) is 4.58. The van der Waals surface area contributed by atoms with Crippen molar-refractivity contribution >= 4 is 5.84 Å². The molecule has 0 aromatic heterocycles. The second kappa shape index (κ2) is 6.01. The third-order valence-electron chi connectivity index (χ3n) is 2.21. The van der Waals surface area contributed by atoms with Crippen LogP contribution in [0.3, 0.4) is 0 Å². The van der Waals surface area contributed by atoms with Crippen molar-refractivity contribution in [3.8, 4) is 0 Å². The molecule has 0 aromatic rings. The number of aliphatic imine (C=N–C) groups is 1. The van der Waals surface area contributed by atoms with Crippen molar-refractivity contribution in [2.75, 3.05) is 6.54 Å². The van der Waals surface area contributed by atoms with Crippen LogP contribution in [0.4, 0.5) is 0 Å². The van der Waals surface area contributed by atoms with E-state index in [0.717, 1.165) is 6.54 Å². The van der Waals surface area contributed by atoms with Gasteiger partial charge in [-0.25, -0.2) is 0 Å². The smallest absolute Gasteiger partial charge is 0.0905 e. The molecule has 0 saturated carbocycles. The number of rotatable bonds is 6. The van der Waals surface area contributed by atoms with Gasteiger partial charge in [0.2, 0.25) is 0 Å². The van der Waals surface area contributed by atoms with E-state index in [1.807, 2.05) is 6.92 Å². The molecule has 0 spiro atoms. The Morgan fingerprint density at radius 1 is 1.31 bits per heavy atom. The molecule has 0 aliphatic rings. The molecule has 0 saturated heterocycles. The van der Waals surface area contributed by atoms with Crippen LogP contribution in [0.2, 0.25) is 0 Å². The molecule has 0 radical (unpaired) electrons. The average molecular weight is 184 g/mol. The van der Waals surface area contributed by atoms with Gasteiger partial charge in [0.25, 0.3) is 0 Å². The zero-order chi connectivity index (χ0) is 10.3. The first-order valence-corrected chi connectivity index (χ1v) is 5.24. The summed E-state index contributed by atoms with van der Waals surface area (Å²) in [7, 11) is 0. The highest BCUT2D eigenvalue weighted by Gasteiger charge is 2.16. The Labute approximate surface area is 82.6 Å². The molecule has 0 bridgehead atoms. The number of hydrogen-bond donors (Lipinski definition) is 1. The molecule has 0 atom stereocenters. The quantitative estimate of drug-likeness (QED) is 0.385. The minimum absolute atomic E-state index is 0.315. The van der Waals surface area contributed by atoms with Crippen LogP contribution in [0, 0.1) is 5.41 Å². The number of nitrogens with two attached hydrogens (primary N) is 1. The average Bonchev–Trinajstić information content (AvgIpc) is 2.02. The van der Waals surface area contributed by atoms with E-state index in [0.29, 0.717) is 11.3 Å². The third kappa shape index (κ3) is 7.82. The van der Waals surface area contributed by atoms with Crippen molar-refractivity contribution < 1.29 is 0 Å². The lowest BCUT2D eigenvalue weighted by Crippen LogP contribution is -2.18. The van der Waals surface area contributed by atoms with Gasteiger partial charge in [0.15, 0.2) is 0 Å². The van der Waals surface area contributed by atoms with Gasteiger partial charge in [0.05, 0.1) is 5.84 Å². The summed E-state index contributed by atoms with van der Waals surface area (Å²) in [5.41, 5.74) is 5.82. The van der Waals surface area contributed by atoms with Crippen molar-refractivity contribution in [3.05, 3.63) is 0 Å². The summed E-state index contributed by atoms with van der Waals surface area (Å²) in [6.45, 7) is 9.46. The molecule has 2 nitrogen and oxygen atoms in total. The van der Waals surface area contributed by atoms with Crippen molar-refractivity contribution in [1.29, 1.82) is 0 Å². The minimum Gasteiger partial charge on any atom is -0.388 e. The minimum atomic E-state index is 0.315. The maximum absolute atomic E-state index is 5.50. The fourth-order valence-electron chi connectivity index (χ4n) is 1.27. The highest BCUT2D eigenvalue weighted by atomic mass is 14.8. The first kappa shape index (κ1) is 12.5. The SMILES string of the molecule is CCCCCC(C)(C)CN=C(C)N. The Hall–Kier alpha value is -0.530. The topological polar surface area (TPSA) is 38.4 Å². The van der Waals surface area contributed by atoms with Crippen LogP contribution in [0.1, 0.15) is 53.4 Å². The van der Waals surface area contributed by atoms with E-state index in [-0.39, 0.29) is 0 Å². The van der Waals surface area contributed by atoms with Gasteiger partial charge in [-0.05, 0) is 18.8 Å². The summed E-state index contributed by atoms with van der Waals surface area (Å²) in [5, 5.41) is 0. The van der Waals surface area contributed by atoms with Crippen LogP contribution in [-0.4, -0.2) is 12.4 Å². The fourth-order valence-corrected chi connectivity index (χ4v) is 1.27. The van der Waals surface area contributed by atoms with Crippen LogP contribution in [0.15, 0.2) is 4.99 Å². The van der Waals surface area contributed by atoms with Crippen LogP contribution in [-0.2, 0) is 0 Å². The van der Waals surface area contributed by atoms with Gasteiger partial charge >= 0.3 is 0 Å². The lowest BCUT2D eigenvalue weighted by atomic mass is 9.87. The Morgan fingerprint density at radius 3 is 2.38 bits per heavy atom. The number of nitrogens with zero attached hydrogens (tertiary/aromatic N) is 1.